The zero-order valence-corrected chi connectivity index (χ0v) is 11.7. The molecule has 5 heteroatoms. The first-order chi connectivity index (χ1) is 9.54. The molecule has 1 saturated carbocycles. The van der Waals surface area contributed by atoms with E-state index in [1.165, 1.54) is 18.2 Å². The summed E-state index contributed by atoms with van der Waals surface area (Å²) in [7, 11) is 0. The minimum atomic E-state index is -0.478. The van der Waals surface area contributed by atoms with Gasteiger partial charge in [0.25, 0.3) is 0 Å². The lowest BCUT2D eigenvalue weighted by molar-refractivity contribution is -0.117. The second-order valence-electron chi connectivity index (χ2n) is 5.02. The molecule has 1 aromatic rings. The van der Waals surface area contributed by atoms with Gasteiger partial charge in [-0.25, -0.2) is 4.39 Å². The Morgan fingerprint density at radius 2 is 2.05 bits per heavy atom. The predicted octanol–water partition coefficient (Wildman–Crippen LogP) is 2.91. The SMILES string of the molecule is O=C(/C=C/c1ccc(F)c(Cl)c1)NC1CCC(O)CC1. The van der Waals surface area contributed by atoms with Crippen molar-refractivity contribution in [1.82, 2.24) is 5.32 Å². The van der Waals surface area contributed by atoms with E-state index in [-0.39, 0.29) is 23.1 Å². The molecule has 0 spiro atoms. The summed E-state index contributed by atoms with van der Waals surface area (Å²) in [5.74, 6) is -0.666. The molecule has 1 aliphatic rings. The van der Waals surface area contributed by atoms with Crippen LogP contribution in [-0.2, 0) is 4.79 Å². The zero-order valence-electron chi connectivity index (χ0n) is 11.0. The molecular formula is C15H17ClFNO2. The fourth-order valence-electron chi connectivity index (χ4n) is 2.26. The van der Waals surface area contributed by atoms with Crippen LogP contribution in [0.3, 0.4) is 0 Å². The second-order valence-corrected chi connectivity index (χ2v) is 5.43. The van der Waals surface area contributed by atoms with E-state index >= 15 is 0 Å². The maximum Gasteiger partial charge on any atom is 0.244 e. The van der Waals surface area contributed by atoms with E-state index in [2.05, 4.69) is 5.32 Å². The maximum absolute atomic E-state index is 13.0. The molecule has 0 radical (unpaired) electrons. The van der Waals surface area contributed by atoms with Gasteiger partial charge in [0.05, 0.1) is 11.1 Å². The van der Waals surface area contributed by atoms with Crippen LogP contribution >= 0.6 is 11.6 Å². The molecule has 1 aliphatic carbocycles. The van der Waals surface area contributed by atoms with E-state index in [0.29, 0.717) is 5.56 Å². The van der Waals surface area contributed by atoms with E-state index in [4.69, 9.17) is 11.6 Å². The third-order valence-electron chi connectivity index (χ3n) is 3.41. The molecule has 0 aromatic heterocycles. The molecule has 20 heavy (non-hydrogen) atoms. The molecule has 1 fully saturated rings. The summed E-state index contributed by atoms with van der Waals surface area (Å²) in [6.07, 6.45) is 5.81. The van der Waals surface area contributed by atoms with Gasteiger partial charge in [0.15, 0.2) is 0 Å². The smallest absolute Gasteiger partial charge is 0.244 e. The average molecular weight is 298 g/mol. The van der Waals surface area contributed by atoms with Gasteiger partial charge >= 0.3 is 0 Å². The van der Waals surface area contributed by atoms with Crippen LogP contribution in [0.15, 0.2) is 24.3 Å². The van der Waals surface area contributed by atoms with Crippen molar-refractivity contribution in [1.29, 1.82) is 0 Å². The summed E-state index contributed by atoms with van der Waals surface area (Å²) < 4.78 is 13.0. The van der Waals surface area contributed by atoms with E-state index in [0.717, 1.165) is 25.7 Å². The van der Waals surface area contributed by atoms with Crippen molar-refractivity contribution in [3.05, 3.63) is 40.7 Å². The lowest BCUT2D eigenvalue weighted by Crippen LogP contribution is -2.37. The minimum absolute atomic E-state index is 0.0360. The minimum Gasteiger partial charge on any atom is -0.393 e. The van der Waals surface area contributed by atoms with Crippen LogP contribution in [0.1, 0.15) is 31.2 Å². The number of carbonyl (C=O) groups excluding carboxylic acids is 1. The molecule has 0 aliphatic heterocycles. The van der Waals surface area contributed by atoms with Gasteiger partial charge in [-0.1, -0.05) is 17.7 Å². The van der Waals surface area contributed by atoms with E-state index < -0.39 is 5.82 Å². The Balaban J connectivity index is 1.87. The van der Waals surface area contributed by atoms with Gasteiger partial charge in [-0.3, -0.25) is 4.79 Å². The van der Waals surface area contributed by atoms with Crippen molar-refractivity contribution in [2.24, 2.45) is 0 Å². The van der Waals surface area contributed by atoms with Gasteiger partial charge < -0.3 is 10.4 Å². The zero-order chi connectivity index (χ0) is 14.5. The first kappa shape index (κ1) is 15.0. The van der Waals surface area contributed by atoms with Crippen molar-refractivity contribution in [2.45, 2.75) is 37.8 Å². The van der Waals surface area contributed by atoms with E-state index in [1.54, 1.807) is 12.1 Å². The summed E-state index contributed by atoms with van der Waals surface area (Å²) in [5, 5.41) is 12.3. The molecule has 1 aromatic carbocycles. The quantitative estimate of drug-likeness (QED) is 0.843. The lowest BCUT2D eigenvalue weighted by Gasteiger charge is -2.25. The van der Waals surface area contributed by atoms with Crippen LogP contribution in [-0.4, -0.2) is 23.2 Å². The Hall–Kier alpha value is -1.39. The van der Waals surface area contributed by atoms with E-state index in [1.807, 2.05) is 0 Å². The number of halogens is 2. The highest BCUT2D eigenvalue weighted by Crippen LogP contribution is 2.19. The highest BCUT2D eigenvalue weighted by atomic mass is 35.5. The van der Waals surface area contributed by atoms with Crippen LogP contribution < -0.4 is 5.32 Å². The normalized spacial score (nSPS) is 22.9. The van der Waals surface area contributed by atoms with Crippen LogP contribution in [0.25, 0.3) is 6.08 Å². The first-order valence-corrected chi connectivity index (χ1v) is 7.04. The summed E-state index contributed by atoms with van der Waals surface area (Å²) in [6.45, 7) is 0. The van der Waals surface area contributed by atoms with Gasteiger partial charge in [-0.15, -0.1) is 0 Å². The number of carbonyl (C=O) groups is 1. The number of hydrogen-bond acceptors (Lipinski definition) is 2. The van der Waals surface area contributed by atoms with Crippen molar-refractivity contribution < 1.29 is 14.3 Å². The molecule has 0 atom stereocenters. The van der Waals surface area contributed by atoms with Gasteiger partial charge in [-0.2, -0.15) is 0 Å². The van der Waals surface area contributed by atoms with Gasteiger partial charge in [-0.05, 0) is 49.5 Å². The molecule has 2 rings (SSSR count). The molecule has 1 amide bonds. The van der Waals surface area contributed by atoms with Crippen LogP contribution in [0, 0.1) is 5.82 Å². The van der Waals surface area contributed by atoms with Crippen LogP contribution in [0.4, 0.5) is 4.39 Å². The molecule has 0 saturated heterocycles. The largest absolute Gasteiger partial charge is 0.393 e. The number of aliphatic hydroxyl groups is 1. The number of hydrogen-bond donors (Lipinski definition) is 2. The lowest BCUT2D eigenvalue weighted by atomic mass is 9.93. The third kappa shape index (κ3) is 4.32. The molecule has 0 heterocycles. The van der Waals surface area contributed by atoms with Gasteiger partial charge in [0, 0.05) is 12.1 Å². The number of nitrogens with one attached hydrogen (secondary N) is 1. The van der Waals surface area contributed by atoms with Crippen molar-refractivity contribution >= 4 is 23.6 Å². The average Bonchev–Trinajstić information content (AvgIpc) is 2.43. The Bertz CT molecular complexity index is 511. The highest BCUT2D eigenvalue weighted by Gasteiger charge is 2.19. The number of benzene rings is 1. The van der Waals surface area contributed by atoms with E-state index in [9.17, 15) is 14.3 Å². The molecule has 3 nitrogen and oxygen atoms in total. The monoisotopic (exact) mass is 297 g/mol. The Labute approximate surface area is 122 Å². The highest BCUT2D eigenvalue weighted by molar-refractivity contribution is 6.30. The third-order valence-corrected chi connectivity index (χ3v) is 3.70. The molecule has 0 unspecified atom stereocenters. The Morgan fingerprint density at radius 1 is 1.35 bits per heavy atom. The number of rotatable bonds is 3. The summed E-state index contributed by atoms with van der Waals surface area (Å²) in [5.41, 5.74) is 0.672. The predicted molar refractivity (Wildman–Crippen MR) is 76.8 cm³/mol. The Morgan fingerprint density at radius 3 is 2.70 bits per heavy atom. The molecule has 0 bridgehead atoms. The van der Waals surface area contributed by atoms with Crippen LogP contribution in [0.2, 0.25) is 5.02 Å². The van der Waals surface area contributed by atoms with Crippen LogP contribution in [0.5, 0.6) is 0 Å². The first-order valence-electron chi connectivity index (χ1n) is 6.66. The standard InChI is InChI=1S/C15H17ClFNO2/c16-13-9-10(1-7-14(13)17)2-8-15(20)18-11-3-5-12(19)6-4-11/h1-2,7-9,11-12,19H,3-6H2,(H,18,20)/b8-2+. The van der Waals surface area contributed by atoms with Gasteiger partial charge in [0.1, 0.15) is 5.82 Å². The maximum atomic E-state index is 13.0. The number of aliphatic hydroxyl groups excluding tert-OH is 1. The van der Waals surface area contributed by atoms with Crippen molar-refractivity contribution in [3.63, 3.8) is 0 Å². The summed E-state index contributed by atoms with van der Waals surface area (Å²) in [4.78, 5) is 11.8. The fourth-order valence-corrected chi connectivity index (χ4v) is 2.45. The number of amides is 1. The topological polar surface area (TPSA) is 49.3 Å². The van der Waals surface area contributed by atoms with Gasteiger partial charge in [0.2, 0.25) is 5.91 Å². The van der Waals surface area contributed by atoms with Crippen molar-refractivity contribution in [3.8, 4) is 0 Å². The summed E-state index contributed by atoms with van der Waals surface area (Å²) in [6, 6.07) is 4.41. The molecule has 2 N–H and O–H groups in total. The fraction of sp³-hybridized carbons (Fsp3) is 0.400. The summed E-state index contributed by atoms with van der Waals surface area (Å²) >= 11 is 5.67. The molecular weight excluding hydrogens is 281 g/mol. The second kappa shape index (κ2) is 6.86. The molecule has 108 valence electrons. The van der Waals surface area contributed by atoms with Crippen molar-refractivity contribution in [2.75, 3.05) is 0 Å². The Kier molecular flexibility index (Phi) is 5.15.